The highest BCUT2D eigenvalue weighted by atomic mass is 35.5. The van der Waals surface area contributed by atoms with E-state index >= 15 is 0 Å². The third kappa shape index (κ3) is 4.60. The summed E-state index contributed by atoms with van der Waals surface area (Å²) in [6.07, 6.45) is 4.43. The molecule has 0 fully saturated rings. The summed E-state index contributed by atoms with van der Waals surface area (Å²) in [7, 11) is 0. The van der Waals surface area contributed by atoms with Gasteiger partial charge in [-0.1, -0.05) is 44.5 Å². The maximum atomic E-state index is 11.9. The standard InChI is InChI=1S/C17H22ClN3O/c1-17(2,3)16(22)20-8-7-15-19-9-10-21(15)12-13-5-4-6-14(18)11-13/h4-6,9-11H,7-8,12H2,1-3H3,(H,20,22). The van der Waals surface area contributed by atoms with Gasteiger partial charge < -0.3 is 9.88 Å². The van der Waals surface area contributed by atoms with Crippen molar-refractivity contribution in [3.8, 4) is 0 Å². The minimum absolute atomic E-state index is 0.0560. The second kappa shape index (κ2) is 6.97. The number of imidazole rings is 1. The average molecular weight is 320 g/mol. The zero-order valence-electron chi connectivity index (χ0n) is 13.3. The molecule has 118 valence electrons. The van der Waals surface area contributed by atoms with E-state index in [0.717, 1.165) is 23.0 Å². The summed E-state index contributed by atoms with van der Waals surface area (Å²) in [6, 6.07) is 7.80. The molecule has 0 unspecified atom stereocenters. The second-order valence-corrected chi connectivity index (χ2v) is 6.79. The fourth-order valence-corrected chi connectivity index (χ4v) is 2.31. The molecule has 1 aromatic carbocycles. The highest BCUT2D eigenvalue weighted by molar-refractivity contribution is 6.30. The molecule has 1 N–H and O–H groups in total. The maximum absolute atomic E-state index is 11.9. The number of carbonyl (C=O) groups excluding carboxylic acids is 1. The molecule has 0 aliphatic carbocycles. The van der Waals surface area contributed by atoms with E-state index in [4.69, 9.17) is 11.6 Å². The Balaban J connectivity index is 1.94. The van der Waals surface area contributed by atoms with Crippen molar-refractivity contribution >= 4 is 17.5 Å². The van der Waals surface area contributed by atoms with Crippen LogP contribution in [0.4, 0.5) is 0 Å². The molecule has 0 bridgehead atoms. The first-order chi connectivity index (χ1) is 10.4. The Morgan fingerprint density at radius 1 is 1.36 bits per heavy atom. The Kier molecular flexibility index (Phi) is 5.24. The van der Waals surface area contributed by atoms with E-state index in [2.05, 4.69) is 14.9 Å². The maximum Gasteiger partial charge on any atom is 0.225 e. The monoisotopic (exact) mass is 319 g/mol. The summed E-state index contributed by atoms with van der Waals surface area (Å²) in [6.45, 7) is 7.03. The topological polar surface area (TPSA) is 46.9 Å². The van der Waals surface area contributed by atoms with Crippen LogP contribution in [0.1, 0.15) is 32.2 Å². The Labute approximate surface area is 136 Å². The lowest BCUT2D eigenvalue weighted by Gasteiger charge is -2.17. The van der Waals surface area contributed by atoms with E-state index in [-0.39, 0.29) is 11.3 Å². The largest absolute Gasteiger partial charge is 0.355 e. The van der Waals surface area contributed by atoms with Crippen LogP contribution in [0.3, 0.4) is 0 Å². The lowest BCUT2D eigenvalue weighted by atomic mass is 9.96. The predicted octanol–water partition coefficient (Wildman–Crippen LogP) is 3.29. The van der Waals surface area contributed by atoms with E-state index < -0.39 is 0 Å². The summed E-state index contributed by atoms with van der Waals surface area (Å²) in [5.41, 5.74) is 0.765. The van der Waals surface area contributed by atoms with Crippen molar-refractivity contribution in [3.05, 3.63) is 53.1 Å². The first kappa shape index (κ1) is 16.6. The molecule has 2 rings (SSSR count). The molecule has 22 heavy (non-hydrogen) atoms. The minimum Gasteiger partial charge on any atom is -0.355 e. The Morgan fingerprint density at radius 2 is 2.14 bits per heavy atom. The van der Waals surface area contributed by atoms with Crippen LogP contribution < -0.4 is 5.32 Å². The smallest absolute Gasteiger partial charge is 0.225 e. The lowest BCUT2D eigenvalue weighted by molar-refractivity contribution is -0.128. The van der Waals surface area contributed by atoms with Crippen molar-refractivity contribution in [2.24, 2.45) is 5.41 Å². The number of hydrogen-bond donors (Lipinski definition) is 1. The van der Waals surface area contributed by atoms with Crippen LogP contribution in [0.15, 0.2) is 36.7 Å². The fraction of sp³-hybridized carbons (Fsp3) is 0.412. The van der Waals surface area contributed by atoms with Gasteiger partial charge in [-0.25, -0.2) is 4.98 Å². The van der Waals surface area contributed by atoms with E-state index in [1.165, 1.54) is 0 Å². The molecular formula is C17H22ClN3O. The van der Waals surface area contributed by atoms with Gasteiger partial charge in [0.2, 0.25) is 5.91 Å². The molecule has 0 radical (unpaired) electrons. The molecular weight excluding hydrogens is 298 g/mol. The molecule has 0 aliphatic heterocycles. The number of hydrogen-bond acceptors (Lipinski definition) is 2. The van der Waals surface area contributed by atoms with Gasteiger partial charge in [-0.3, -0.25) is 4.79 Å². The van der Waals surface area contributed by atoms with Gasteiger partial charge in [-0.05, 0) is 17.7 Å². The number of carbonyl (C=O) groups is 1. The summed E-state index contributed by atoms with van der Waals surface area (Å²) in [5.74, 6) is 1.01. The molecule has 0 saturated carbocycles. The van der Waals surface area contributed by atoms with Crippen LogP contribution in [0.5, 0.6) is 0 Å². The molecule has 0 aliphatic rings. The highest BCUT2D eigenvalue weighted by Crippen LogP contribution is 2.14. The molecule has 0 spiro atoms. The number of rotatable bonds is 5. The molecule has 4 nitrogen and oxygen atoms in total. The summed E-state index contributed by atoms with van der Waals surface area (Å²) >= 11 is 6.01. The first-order valence-electron chi connectivity index (χ1n) is 7.39. The van der Waals surface area contributed by atoms with Crippen molar-refractivity contribution in [3.63, 3.8) is 0 Å². The summed E-state index contributed by atoms with van der Waals surface area (Å²) < 4.78 is 2.08. The van der Waals surface area contributed by atoms with E-state index in [0.29, 0.717) is 13.0 Å². The van der Waals surface area contributed by atoms with E-state index in [1.807, 2.05) is 51.2 Å². The van der Waals surface area contributed by atoms with Crippen molar-refractivity contribution in [1.29, 1.82) is 0 Å². The SMILES string of the molecule is CC(C)(C)C(=O)NCCc1nccn1Cc1cccc(Cl)c1. The Morgan fingerprint density at radius 3 is 2.82 bits per heavy atom. The van der Waals surface area contributed by atoms with Gasteiger partial charge in [0.05, 0.1) is 0 Å². The van der Waals surface area contributed by atoms with Crippen molar-refractivity contribution in [2.75, 3.05) is 6.54 Å². The predicted molar refractivity (Wildman–Crippen MR) is 88.9 cm³/mol. The van der Waals surface area contributed by atoms with Crippen LogP contribution in [0, 0.1) is 5.41 Å². The van der Waals surface area contributed by atoms with Crippen LogP contribution in [-0.4, -0.2) is 22.0 Å². The fourth-order valence-electron chi connectivity index (χ4n) is 2.10. The number of benzene rings is 1. The Hall–Kier alpha value is -1.81. The molecule has 1 heterocycles. The Bertz CT molecular complexity index is 643. The first-order valence-corrected chi connectivity index (χ1v) is 7.77. The third-order valence-corrected chi connectivity index (χ3v) is 3.59. The van der Waals surface area contributed by atoms with Gasteiger partial charge in [0.15, 0.2) is 0 Å². The van der Waals surface area contributed by atoms with Crippen molar-refractivity contribution in [1.82, 2.24) is 14.9 Å². The quantitative estimate of drug-likeness (QED) is 0.919. The zero-order chi connectivity index (χ0) is 16.2. The molecule has 2 aromatic rings. The van der Waals surface area contributed by atoms with E-state index in [1.54, 1.807) is 6.20 Å². The van der Waals surface area contributed by atoms with Gasteiger partial charge in [-0.2, -0.15) is 0 Å². The molecule has 1 amide bonds. The van der Waals surface area contributed by atoms with Gasteiger partial charge in [0.1, 0.15) is 5.82 Å². The van der Waals surface area contributed by atoms with Crippen LogP contribution in [-0.2, 0) is 17.8 Å². The molecule has 1 aromatic heterocycles. The summed E-state index contributed by atoms with van der Waals surface area (Å²) in [5, 5.41) is 3.68. The van der Waals surface area contributed by atoms with Gasteiger partial charge >= 0.3 is 0 Å². The number of halogens is 1. The van der Waals surface area contributed by atoms with Crippen LogP contribution in [0.2, 0.25) is 5.02 Å². The van der Waals surface area contributed by atoms with Gasteiger partial charge in [-0.15, -0.1) is 0 Å². The van der Waals surface area contributed by atoms with Gasteiger partial charge in [0.25, 0.3) is 0 Å². The van der Waals surface area contributed by atoms with Crippen LogP contribution in [0.25, 0.3) is 0 Å². The summed E-state index contributed by atoms with van der Waals surface area (Å²) in [4.78, 5) is 16.2. The third-order valence-electron chi connectivity index (χ3n) is 3.36. The lowest BCUT2D eigenvalue weighted by Crippen LogP contribution is -2.36. The number of amides is 1. The molecule has 0 saturated heterocycles. The van der Waals surface area contributed by atoms with Crippen LogP contribution >= 0.6 is 11.6 Å². The minimum atomic E-state index is -0.365. The number of nitrogens with zero attached hydrogens (tertiary/aromatic N) is 2. The normalized spacial score (nSPS) is 11.5. The molecule has 0 atom stereocenters. The highest BCUT2D eigenvalue weighted by Gasteiger charge is 2.20. The molecule has 5 heteroatoms. The van der Waals surface area contributed by atoms with Crippen molar-refractivity contribution < 1.29 is 4.79 Å². The average Bonchev–Trinajstić information content (AvgIpc) is 2.85. The van der Waals surface area contributed by atoms with Gasteiger partial charge in [0, 0.05) is 42.3 Å². The van der Waals surface area contributed by atoms with E-state index in [9.17, 15) is 4.79 Å². The zero-order valence-corrected chi connectivity index (χ0v) is 14.0. The number of nitrogens with one attached hydrogen (secondary N) is 1. The van der Waals surface area contributed by atoms with Crippen molar-refractivity contribution in [2.45, 2.75) is 33.7 Å². The second-order valence-electron chi connectivity index (χ2n) is 6.36. The number of aromatic nitrogens is 2.